The highest BCUT2D eigenvalue weighted by Gasteiger charge is 2.38. The maximum atomic E-state index is 10.6. The summed E-state index contributed by atoms with van der Waals surface area (Å²) in [6, 6.07) is 0. The van der Waals surface area contributed by atoms with E-state index in [-0.39, 0.29) is 0 Å². The van der Waals surface area contributed by atoms with E-state index in [2.05, 4.69) is 11.9 Å². The minimum absolute atomic E-state index is 0.749. The highest BCUT2D eigenvalue weighted by molar-refractivity contribution is 5.73. The number of nitrogens with two attached hydrogens (primary N) is 2. The Labute approximate surface area is 98.6 Å². The SMILES string of the molecule is CN(CCN)CCCCN.O=C(O)C(F)(F)F. The first-order chi connectivity index (χ1) is 7.75. The van der Waals surface area contributed by atoms with Crippen LogP contribution >= 0.6 is 0 Å². The highest BCUT2D eigenvalue weighted by Crippen LogP contribution is 2.13. The summed E-state index contributed by atoms with van der Waals surface area (Å²) in [5, 5.41) is 7.12. The van der Waals surface area contributed by atoms with Crippen molar-refractivity contribution in [2.24, 2.45) is 11.5 Å². The van der Waals surface area contributed by atoms with Gasteiger partial charge in [0.25, 0.3) is 0 Å². The molecule has 0 bridgehead atoms. The first-order valence-corrected chi connectivity index (χ1v) is 5.14. The third-order valence-electron chi connectivity index (χ3n) is 1.75. The van der Waals surface area contributed by atoms with E-state index < -0.39 is 12.1 Å². The molecule has 0 atom stereocenters. The van der Waals surface area contributed by atoms with Crippen molar-refractivity contribution in [3.63, 3.8) is 0 Å². The number of aliphatic carboxylic acids is 1. The molecule has 0 heterocycles. The molecular formula is C9H20F3N3O2. The van der Waals surface area contributed by atoms with Crippen molar-refractivity contribution in [3.8, 4) is 0 Å². The first-order valence-electron chi connectivity index (χ1n) is 5.14. The number of nitrogens with zero attached hydrogens (tertiary/aromatic N) is 1. The number of carboxylic acids is 1. The van der Waals surface area contributed by atoms with Crippen LogP contribution in [-0.4, -0.2) is 55.4 Å². The van der Waals surface area contributed by atoms with Gasteiger partial charge in [0.05, 0.1) is 0 Å². The predicted molar refractivity (Wildman–Crippen MR) is 58.5 cm³/mol. The third-order valence-corrected chi connectivity index (χ3v) is 1.75. The standard InChI is InChI=1S/C7H19N3.C2HF3O2/c1-10(7-5-9)6-3-2-4-8;3-2(4,5)1(6)7/h2-9H2,1H3;(H,6,7). The average Bonchev–Trinajstić information content (AvgIpc) is 2.18. The van der Waals surface area contributed by atoms with E-state index >= 15 is 0 Å². The lowest BCUT2D eigenvalue weighted by molar-refractivity contribution is -0.192. The smallest absolute Gasteiger partial charge is 0.475 e. The highest BCUT2D eigenvalue weighted by atomic mass is 19.4. The largest absolute Gasteiger partial charge is 0.490 e. The molecule has 0 radical (unpaired) electrons. The summed E-state index contributed by atoms with van der Waals surface area (Å²) < 4.78 is 31.7. The molecule has 0 amide bonds. The van der Waals surface area contributed by atoms with E-state index in [1.54, 1.807) is 0 Å². The summed E-state index contributed by atoms with van der Waals surface area (Å²) in [4.78, 5) is 11.1. The van der Waals surface area contributed by atoms with Crippen LogP contribution in [0.25, 0.3) is 0 Å². The van der Waals surface area contributed by atoms with Crippen LogP contribution in [0, 0.1) is 0 Å². The molecule has 0 aromatic rings. The topological polar surface area (TPSA) is 92.6 Å². The number of hydrogen-bond donors (Lipinski definition) is 3. The molecule has 0 aromatic carbocycles. The van der Waals surface area contributed by atoms with Crippen molar-refractivity contribution in [3.05, 3.63) is 0 Å². The fourth-order valence-corrected chi connectivity index (χ4v) is 0.858. The van der Waals surface area contributed by atoms with Crippen LogP contribution in [0.3, 0.4) is 0 Å². The van der Waals surface area contributed by atoms with Gasteiger partial charge in [0.15, 0.2) is 0 Å². The van der Waals surface area contributed by atoms with Crippen LogP contribution in [0.5, 0.6) is 0 Å². The first kappa shape index (κ1) is 18.5. The van der Waals surface area contributed by atoms with Gasteiger partial charge in [-0.05, 0) is 33.0 Å². The minimum Gasteiger partial charge on any atom is -0.475 e. The maximum absolute atomic E-state index is 10.6. The monoisotopic (exact) mass is 259 g/mol. The lowest BCUT2D eigenvalue weighted by Crippen LogP contribution is -2.26. The molecule has 0 rings (SSSR count). The summed E-state index contributed by atoms with van der Waals surface area (Å²) in [7, 11) is 2.09. The summed E-state index contributed by atoms with van der Waals surface area (Å²) in [6.45, 7) is 3.66. The van der Waals surface area contributed by atoms with Crippen LogP contribution in [0.15, 0.2) is 0 Å². The lowest BCUT2D eigenvalue weighted by Gasteiger charge is -2.14. The number of halogens is 3. The summed E-state index contributed by atoms with van der Waals surface area (Å²) in [5.74, 6) is -2.76. The summed E-state index contributed by atoms with van der Waals surface area (Å²) in [5.41, 5.74) is 10.7. The third kappa shape index (κ3) is 15.1. The van der Waals surface area contributed by atoms with Gasteiger partial charge in [-0.2, -0.15) is 13.2 Å². The Morgan fingerprint density at radius 3 is 1.94 bits per heavy atom. The van der Waals surface area contributed by atoms with Crippen LogP contribution < -0.4 is 11.5 Å². The average molecular weight is 259 g/mol. The Kier molecular flexibility index (Phi) is 11.2. The van der Waals surface area contributed by atoms with Crippen molar-refractivity contribution in [1.82, 2.24) is 4.90 Å². The lowest BCUT2D eigenvalue weighted by atomic mass is 10.3. The normalized spacial score (nSPS) is 11.0. The van der Waals surface area contributed by atoms with Gasteiger partial charge in [0.1, 0.15) is 0 Å². The molecule has 0 aliphatic carbocycles. The quantitative estimate of drug-likeness (QED) is 0.595. The molecule has 0 saturated heterocycles. The molecule has 104 valence electrons. The van der Waals surface area contributed by atoms with Gasteiger partial charge in [0.2, 0.25) is 0 Å². The van der Waals surface area contributed by atoms with Gasteiger partial charge in [-0.25, -0.2) is 4.79 Å². The zero-order valence-electron chi connectivity index (χ0n) is 9.83. The van der Waals surface area contributed by atoms with E-state index in [1.165, 1.54) is 6.42 Å². The number of carboxylic acid groups (broad SMARTS) is 1. The maximum Gasteiger partial charge on any atom is 0.490 e. The molecule has 17 heavy (non-hydrogen) atoms. The molecule has 0 saturated carbocycles. The van der Waals surface area contributed by atoms with Gasteiger partial charge in [-0.3, -0.25) is 0 Å². The van der Waals surface area contributed by atoms with Crippen LogP contribution in [0.2, 0.25) is 0 Å². The van der Waals surface area contributed by atoms with Gasteiger partial charge >= 0.3 is 12.1 Å². The Bertz CT molecular complexity index is 200. The Hall–Kier alpha value is -0.860. The Morgan fingerprint density at radius 2 is 1.65 bits per heavy atom. The van der Waals surface area contributed by atoms with Gasteiger partial charge in [-0.1, -0.05) is 0 Å². The Balaban J connectivity index is 0. The number of unbranched alkanes of at least 4 members (excludes halogenated alkanes) is 1. The zero-order valence-corrected chi connectivity index (χ0v) is 9.83. The molecule has 0 unspecified atom stereocenters. The van der Waals surface area contributed by atoms with Gasteiger partial charge in [-0.15, -0.1) is 0 Å². The summed E-state index contributed by atoms with van der Waals surface area (Å²) in [6.07, 6.45) is -2.78. The molecule has 0 spiro atoms. The van der Waals surface area contributed by atoms with Crippen LogP contribution in [0.1, 0.15) is 12.8 Å². The summed E-state index contributed by atoms with van der Waals surface area (Å²) >= 11 is 0. The van der Waals surface area contributed by atoms with Crippen molar-refractivity contribution in [2.75, 3.05) is 33.2 Å². The molecule has 5 N–H and O–H groups in total. The number of rotatable bonds is 6. The number of alkyl halides is 3. The minimum atomic E-state index is -5.08. The second-order valence-electron chi connectivity index (χ2n) is 3.39. The van der Waals surface area contributed by atoms with E-state index in [1.807, 2.05) is 0 Å². The second kappa shape index (κ2) is 10.3. The fourth-order valence-electron chi connectivity index (χ4n) is 0.858. The number of hydrogen-bond acceptors (Lipinski definition) is 4. The molecular weight excluding hydrogens is 239 g/mol. The predicted octanol–water partition coefficient (Wildman–Crippen LogP) is 0.249. The Morgan fingerprint density at radius 1 is 1.18 bits per heavy atom. The van der Waals surface area contributed by atoms with Crippen molar-refractivity contribution in [1.29, 1.82) is 0 Å². The molecule has 0 aromatic heterocycles. The second-order valence-corrected chi connectivity index (χ2v) is 3.39. The zero-order chi connectivity index (χ0) is 13.9. The van der Waals surface area contributed by atoms with E-state index in [0.29, 0.717) is 0 Å². The van der Waals surface area contributed by atoms with Crippen molar-refractivity contribution < 1.29 is 23.1 Å². The fraction of sp³-hybridized carbons (Fsp3) is 0.889. The number of likely N-dealkylation sites (N-methyl/N-ethyl adjacent to an activating group) is 1. The molecule has 5 nitrogen and oxygen atoms in total. The van der Waals surface area contributed by atoms with Crippen LogP contribution in [0.4, 0.5) is 13.2 Å². The molecule has 0 aliphatic heterocycles. The molecule has 0 fully saturated rings. The van der Waals surface area contributed by atoms with E-state index in [4.69, 9.17) is 21.4 Å². The van der Waals surface area contributed by atoms with Gasteiger partial charge in [0, 0.05) is 13.1 Å². The number of carbonyl (C=O) groups is 1. The van der Waals surface area contributed by atoms with Gasteiger partial charge < -0.3 is 21.5 Å². The molecule has 0 aliphatic rings. The van der Waals surface area contributed by atoms with E-state index in [0.717, 1.165) is 32.6 Å². The van der Waals surface area contributed by atoms with E-state index in [9.17, 15) is 13.2 Å². The van der Waals surface area contributed by atoms with Crippen molar-refractivity contribution in [2.45, 2.75) is 19.0 Å². The van der Waals surface area contributed by atoms with Crippen molar-refractivity contribution >= 4 is 5.97 Å². The van der Waals surface area contributed by atoms with Crippen LogP contribution in [-0.2, 0) is 4.79 Å². The molecule has 8 heteroatoms.